The Kier molecular flexibility index (Phi) is 4.88. The number of hydrogen-bond donors (Lipinski definition) is 1. The molecule has 0 aliphatic carbocycles. The van der Waals surface area contributed by atoms with E-state index in [1.807, 2.05) is 37.4 Å². The average molecular weight is 292 g/mol. The van der Waals surface area contributed by atoms with E-state index in [0.717, 1.165) is 34.7 Å². The third kappa shape index (κ3) is 3.06. The van der Waals surface area contributed by atoms with Gasteiger partial charge in [0.2, 0.25) is 0 Å². The summed E-state index contributed by atoms with van der Waals surface area (Å²) in [6.45, 7) is 0.791. The number of benzene rings is 2. The number of methoxy groups -OCH3 is 2. The first-order chi connectivity index (χ1) is 9.69. The van der Waals surface area contributed by atoms with Crippen LogP contribution in [0.15, 0.2) is 36.4 Å². The first kappa shape index (κ1) is 14.7. The molecule has 0 aromatic heterocycles. The maximum atomic E-state index is 6.39. The van der Waals surface area contributed by atoms with Gasteiger partial charge < -0.3 is 14.8 Å². The molecule has 20 heavy (non-hydrogen) atoms. The van der Waals surface area contributed by atoms with E-state index in [9.17, 15) is 0 Å². The molecule has 106 valence electrons. The Labute approximate surface area is 124 Å². The zero-order chi connectivity index (χ0) is 14.5. The molecule has 0 bridgehead atoms. The molecule has 0 atom stereocenters. The highest BCUT2D eigenvalue weighted by atomic mass is 35.5. The molecule has 4 heteroatoms. The zero-order valence-corrected chi connectivity index (χ0v) is 12.6. The highest BCUT2D eigenvalue weighted by molar-refractivity contribution is 6.33. The quantitative estimate of drug-likeness (QED) is 0.910. The summed E-state index contributed by atoms with van der Waals surface area (Å²) in [5.74, 6) is 1.50. The molecule has 0 spiro atoms. The molecule has 1 N–H and O–H groups in total. The molecule has 0 saturated heterocycles. The summed E-state index contributed by atoms with van der Waals surface area (Å²) in [6.07, 6.45) is 0. The van der Waals surface area contributed by atoms with E-state index in [4.69, 9.17) is 21.1 Å². The Morgan fingerprint density at radius 3 is 2.35 bits per heavy atom. The monoisotopic (exact) mass is 291 g/mol. The number of ether oxygens (including phenoxy) is 2. The van der Waals surface area contributed by atoms with Crippen molar-refractivity contribution in [3.63, 3.8) is 0 Å². The molecule has 2 aromatic rings. The van der Waals surface area contributed by atoms with Crippen molar-refractivity contribution >= 4 is 11.6 Å². The fourth-order valence-corrected chi connectivity index (χ4v) is 2.42. The Balaban J connectivity index is 2.45. The van der Waals surface area contributed by atoms with Gasteiger partial charge >= 0.3 is 0 Å². The van der Waals surface area contributed by atoms with E-state index in [-0.39, 0.29) is 0 Å². The van der Waals surface area contributed by atoms with Gasteiger partial charge in [0.1, 0.15) is 11.5 Å². The number of halogens is 1. The summed E-state index contributed by atoms with van der Waals surface area (Å²) < 4.78 is 10.6. The van der Waals surface area contributed by atoms with Crippen molar-refractivity contribution in [3.05, 3.63) is 47.0 Å². The fourth-order valence-electron chi connectivity index (χ4n) is 2.11. The fraction of sp³-hybridized carbons (Fsp3) is 0.250. The zero-order valence-electron chi connectivity index (χ0n) is 11.9. The second kappa shape index (κ2) is 6.64. The minimum Gasteiger partial charge on any atom is -0.497 e. The van der Waals surface area contributed by atoms with Gasteiger partial charge in [-0.1, -0.05) is 23.7 Å². The van der Waals surface area contributed by atoms with Gasteiger partial charge in [0.25, 0.3) is 0 Å². The number of rotatable bonds is 5. The lowest BCUT2D eigenvalue weighted by Crippen LogP contribution is -2.04. The van der Waals surface area contributed by atoms with Crippen molar-refractivity contribution in [2.75, 3.05) is 21.3 Å². The van der Waals surface area contributed by atoms with Gasteiger partial charge in [0.05, 0.1) is 14.2 Å². The van der Waals surface area contributed by atoms with Crippen molar-refractivity contribution in [3.8, 4) is 22.6 Å². The maximum Gasteiger partial charge on any atom is 0.130 e. The summed E-state index contributed by atoms with van der Waals surface area (Å²) in [7, 11) is 5.18. The van der Waals surface area contributed by atoms with E-state index >= 15 is 0 Å². The van der Waals surface area contributed by atoms with E-state index in [0.29, 0.717) is 5.02 Å². The number of nitrogens with one attached hydrogen (secondary N) is 1. The van der Waals surface area contributed by atoms with Crippen LogP contribution in [0.4, 0.5) is 0 Å². The Hall–Kier alpha value is -1.71. The van der Waals surface area contributed by atoms with Gasteiger partial charge in [0, 0.05) is 28.8 Å². The van der Waals surface area contributed by atoms with Crippen LogP contribution in [0, 0.1) is 0 Å². The van der Waals surface area contributed by atoms with E-state index in [1.165, 1.54) is 0 Å². The molecule has 0 saturated carbocycles. The molecule has 0 unspecified atom stereocenters. The third-order valence-electron chi connectivity index (χ3n) is 3.11. The van der Waals surface area contributed by atoms with Crippen molar-refractivity contribution in [1.29, 1.82) is 0 Å². The predicted molar refractivity (Wildman–Crippen MR) is 82.8 cm³/mol. The van der Waals surface area contributed by atoms with Gasteiger partial charge in [0.15, 0.2) is 0 Å². The first-order valence-electron chi connectivity index (χ1n) is 6.35. The van der Waals surface area contributed by atoms with Crippen molar-refractivity contribution in [2.45, 2.75) is 6.54 Å². The molecule has 2 aromatic carbocycles. The Morgan fingerprint density at radius 2 is 1.75 bits per heavy atom. The maximum absolute atomic E-state index is 6.39. The Bertz CT molecular complexity index is 599. The van der Waals surface area contributed by atoms with Crippen molar-refractivity contribution in [1.82, 2.24) is 5.32 Å². The Morgan fingerprint density at radius 1 is 1.00 bits per heavy atom. The summed E-state index contributed by atoms with van der Waals surface area (Å²) in [5, 5.41) is 3.82. The molecular formula is C16H18ClNO2. The summed E-state index contributed by atoms with van der Waals surface area (Å²) in [5.41, 5.74) is 3.05. The van der Waals surface area contributed by atoms with Gasteiger partial charge in [-0.3, -0.25) is 0 Å². The van der Waals surface area contributed by atoms with Crippen LogP contribution in [0.25, 0.3) is 11.1 Å². The van der Waals surface area contributed by atoms with Crippen LogP contribution in [-0.2, 0) is 6.54 Å². The first-order valence-corrected chi connectivity index (χ1v) is 6.72. The predicted octanol–water partition coefficient (Wildman–Crippen LogP) is 3.74. The molecule has 0 aliphatic heterocycles. The molecule has 0 fully saturated rings. The standard InChI is InChI=1S/C16H18ClNO2/c1-18-10-11-4-6-13(15(17)8-11)14-7-5-12(19-2)9-16(14)20-3/h4-9,18H,10H2,1-3H3. The SMILES string of the molecule is CNCc1ccc(-c2ccc(OC)cc2OC)c(Cl)c1. The molecule has 2 rings (SSSR count). The van der Waals surface area contributed by atoms with Crippen LogP contribution in [0.3, 0.4) is 0 Å². The van der Waals surface area contributed by atoms with Crippen LogP contribution in [-0.4, -0.2) is 21.3 Å². The normalized spacial score (nSPS) is 10.4. The molecule has 3 nitrogen and oxygen atoms in total. The third-order valence-corrected chi connectivity index (χ3v) is 3.43. The molecule has 0 amide bonds. The molecule has 0 heterocycles. The summed E-state index contributed by atoms with van der Waals surface area (Å²) in [4.78, 5) is 0. The van der Waals surface area contributed by atoms with E-state index in [1.54, 1.807) is 14.2 Å². The minimum absolute atomic E-state index is 0.709. The smallest absolute Gasteiger partial charge is 0.130 e. The lowest BCUT2D eigenvalue weighted by atomic mass is 10.0. The molecular weight excluding hydrogens is 274 g/mol. The topological polar surface area (TPSA) is 30.5 Å². The van der Waals surface area contributed by atoms with Gasteiger partial charge in [-0.2, -0.15) is 0 Å². The van der Waals surface area contributed by atoms with Crippen LogP contribution >= 0.6 is 11.6 Å². The van der Waals surface area contributed by atoms with E-state index in [2.05, 4.69) is 11.4 Å². The van der Waals surface area contributed by atoms with Crippen LogP contribution in [0.1, 0.15) is 5.56 Å². The van der Waals surface area contributed by atoms with E-state index < -0.39 is 0 Å². The lowest BCUT2D eigenvalue weighted by Gasteiger charge is -2.12. The second-order valence-corrected chi connectivity index (χ2v) is 4.82. The average Bonchev–Trinajstić information content (AvgIpc) is 2.47. The highest BCUT2D eigenvalue weighted by Gasteiger charge is 2.11. The molecule has 0 radical (unpaired) electrons. The van der Waals surface area contributed by atoms with Crippen LogP contribution < -0.4 is 14.8 Å². The van der Waals surface area contributed by atoms with Gasteiger partial charge in [-0.15, -0.1) is 0 Å². The lowest BCUT2D eigenvalue weighted by molar-refractivity contribution is 0.395. The van der Waals surface area contributed by atoms with Crippen molar-refractivity contribution < 1.29 is 9.47 Å². The minimum atomic E-state index is 0.709. The molecule has 0 aliphatic rings. The van der Waals surface area contributed by atoms with Crippen LogP contribution in [0.2, 0.25) is 5.02 Å². The van der Waals surface area contributed by atoms with Gasteiger partial charge in [-0.25, -0.2) is 0 Å². The van der Waals surface area contributed by atoms with Crippen LogP contribution in [0.5, 0.6) is 11.5 Å². The second-order valence-electron chi connectivity index (χ2n) is 4.41. The highest BCUT2D eigenvalue weighted by Crippen LogP contribution is 2.37. The largest absolute Gasteiger partial charge is 0.497 e. The number of hydrogen-bond acceptors (Lipinski definition) is 3. The van der Waals surface area contributed by atoms with Crippen molar-refractivity contribution in [2.24, 2.45) is 0 Å². The van der Waals surface area contributed by atoms with Gasteiger partial charge in [-0.05, 0) is 30.8 Å². The summed E-state index contributed by atoms with van der Waals surface area (Å²) >= 11 is 6.39. The summed E-state index contributed by atoms with van der Waals surface area (Å²) in [6, 6.07) is 11.7.